The van der Waals surface area contributed by atoms with Crippen molar-refractivity contribution in [3.8, 4) is 0 Å². The van der Waals surface area contributed by atoms with Gasteiger partial charge in [-0.15, -0.1) is 23.5 Å². The van der Waals surface area contributed by atoms with Crippen molar-refractivity contribution in [1.82, 2.24) is 0 Å². The zero-order valence-corrected chi connectivity index (χ0v) is 24.4. The smallest absolute Gasteiger partial charge is 0.134 e. The van der Waals surface area contributed by atoms with E-state index in [1.807, 2.05) is 37.4 Å². The van der Waals surface area contributed by atoms with E-state index < -0.39 is 8.07 Å². The molecule has 0 N–H and O–H groups in total. The summed E-state index contributed by atoms with van der Waals surface area (Å²) in [5, 5.41) is 4.06. The lowest BCUT2D eigenvalue weighted by Crippen LogP contribution is -2.34. The van der Waals surface area contributed by atoms with Gasteiger partial charge in [0.05, 0.1) is 0 Å². The van der Waals surface area contributed by atoms with Gasteiger partial charge in [0.2, 0.25) is 0 Å². The molecule has 2 aromatic rings. The second-order valence-corrected chi connectivity index (χ2v) is 17.6. The fourth-order valence-corrected chi connectivity index (χ4v) is 13.5. The zero-order valence-electron chi connectivity index (χ0n) is 21.8. The van der Waals surface area contributed by atoms with Crippen LogP contribution in [-0.4, -0.2) is 18.6 Å². The molecule has 0 bridgehead atoms. The minimum atomic E-state index is -2.21. The van der Waals surface area contributed by atoms with E-state index in [1.54, 1.807) is 0 Å². The van der Waals surface area contributed by atoms with E-state index in [1.165, 1.54) is 53.6 Å². The van der Waals surface area contributed by atoms with E-state index in [-0.39, 0.29) is 0 Å². The Morgan fingerprint density at radius 1 is 0.657 bits per heavy atom. The van der Waals surface area contributed by atoms with Crippen molar-refractivity contribution in [2.75, 3.05) is 0 Å². The largest absolute Gasteiger partial charge is 0.461 e. The topological polar surface area (TPSA) is 26.3 Å². The van der Waals surface area contributed by atoms with E-state index in [0.717, 1.165) is 23.0 Å². The molecule has 2 nitrogen and oxygen atoms in total. The van der Waals surface area contributed by atoms with Crippen molar-refractivity contribution in [2.24, 2.45) is 0 Å². The molecule has 6 rings (SSSR count). The highest BCUT2D eigenvalue weighted by Crippen LogP contribution is 2.59. The molecule has 4 aliphatic rings. The number of hydrogen-bond donors (Lipinski definition) is 0. The molecule has 35 heavy (non-hydrogen) atoms. The highest BCUT2D eigenvalue weighted by atomic mass is 32.2. The third-order valence-corrected chi connectivity index (χ3v) is 14.6. The maximum absolute atomic E-state index is 6.24. The zero-order chi connectivity index (χ0) is 24.8. The highest BCUT2D eigenvalue weighted by molar-refractivity contribution is 8.05. The van der Waals surface area contributed by atoms with Gasteiger partial charge in [-0.05, 0) is 99.5 Å². The molecule has 0 aromatic carbocycles. The van der Waals surface area contributed by atoms with Gasteiger partial charge in [-0.25, -0.2) is 0 Å². The van der Waals surface area contributed by atoms with Crippen molar-refractivity contribution >= 4 is 42.7 Å². The van der Waals surface area contributed by atoms with Crippen LogP contribution in [0.5, 0.6) is 0 Å². The molecule has 5 heteroatoms. The third kappa shape index (κ3) is 3.38. The first-order chi connectivity index (χ1) is 16.6. The second-order valence-electron chi connectivity index (χ2n) is 10.7. The molecule has 0 amide bonds. The Labute approximate surface area is 218 Å². The number of thioether (sulfide) groups is 2. The molecule has 180 valence electrons. The fraction of sp³-hybridized carbons (Fsp3) is 0.333. The van der Waals surface area contributed by atoms with Gasteiger partial charge in [-0.2, -0.15) is 0 Å². The first-order valence-corrected chi connectivity index (χ1v) is 17.2. The summed E-state index contributed by atoms with van der Waals surface area (Å²) in [6, 6.07) is 8.48. The monoisotopic (exact) mass is 516 g/mol. The SMILES string of the molecule is CC1=C2C=C(c3ccc(C)o3)C([Si](C)(C)C3=C4SC(C)C(C)=C4C=C3c3ccc(C)o3)=C2SC1C. The molecule has 4 heterocycles. The first kappa shape index (κ1) is 23.3. The Kier molecular flexibility index (Phi) is 5.30. The Bertz CT molecular complexity index is 1370. The molecular weight excluding hydrogens is 485 g/mol. The normalized spacial score (nSPS) is 24.2. The van der Waals surface area contributed by atoms with Gasteiger partial charge < -0.3 is 8.83 Å². The van der Waals surface area contributed by atoms with E-state index in [2.05, 4.69) is 77.2 Å². The molecule has 0 radical (unpaired) electrons. The van der Waals surface area contributed by atoms with Crippen LogP contribution in [0.3, 0.4) is 0 Å². The van der Waals surface area contributed by atoms with Gasteiger partial charge in [-0.3, -0.25) is 0 Å². The molecule has 2 aliphatic carbocycles. The Morgan fingerprint density at radius 2 is 1.06 bits per heavy atom. The predicted octanol–water partition coefficient (Wildman–Crippen LogP) is 9.18. The summed E-state index contributed by atoms with van der Waals surface area (Å²) in [5.41, 5.74) is 8.37. The van der Waals surface area contributed by atoms with E-state index in [9.17, 15) is 0 Å². The van der Waals surface area contributed by atoms with Crippen LogP contribution in [0.15, 0.2) is 87.7 Å². The summed E-state index contributed by atoms with van der Waals surface area (Å²) < 4.78 is 12.5. The van der Waals surface area contributed by atoms with E-state index >= 15 is 0 Å². The van der Waals surface area contributed by atoms with Crippen LogP contribution >= 0.6 is 23.5 Å². The van der Waals surface area contributed by atoms with Crippen LogP contribution in [0, 0.1) is 13.8 Å². The minimum absolute atomic E-state index is 0.512. The molecule has 2 aromatic heterocycles. The van der Waals surface area contributed by atoms with Crippen LogP contribution in [0.1, 0.15) is 50.7 Å². The third-order valence-electron chi connectivity index (χ3n) is 7.98. The summed E-state index contributed by atoms with van der Waals surface area (Å²) in [5.74, 6) is 3.92. The number of furan rings is 2. The summed E-state index contributed by atoms with van der Waals surface area (Å²) in [6.07, 6.45) is 4.83. The summed E-state index contributed by atoms with van der Waals surface area (Å²) >= 11 is 4.07. The summed E-state index contributed by atoms with van der Waals surface area (Å²) in [4.78, 5) is 2.95. The van der Waals surface area contributed by atoms with Crippen LogP contribution < -0.4 is 0 Å². The quantitative estimate of drug-likeness (QED) is 0.378. The van der Waals surface area contributed by atoms with Gasteiger partial charge in [0.25, 0.3) is 0 Å². The molecule has 0 spiro atoms. The molecule has 0 fully saturated rings. The van der Waals surface area contributed by atoms with E-state index in [0.29, 0.717) is 10.5 Å². The fourth-order valence-electron chi connectivity index (χ4n) is 5.79. The summed E-state index contributed by atoms with van der Waals surface area (Å²) in [6.45, 7) is 18.4. The average Bonchev–Trinajstić information content (AvgIpc) is 3.61. The lowest BCUT2D eigenvalue weighted by Gasteiger charge is -2.31. The van der Waals surface area contributed by atoms with Gasteiger partial charge in [0.1, 0.15) is 31.1 Å². The van der Waals surface area contributed by atoms with Gasteiger partial charge in [0, 0.05) is 31.5 Å². The molecular formula is C30H32O2S2Si. The van der Waals surface area contributed by atoms with Gasteiger partial charge >= 0.3 is 0 Å². The predicted molar refractivity (Wildman–Crippen MR) is 154 cm³/mol. The van der Waals surface area contributed by atoms with Crippen LogP contribution in [0.4, 0.5) is 0 Å². The standard InChI is InChI=1S/C30H32O2S2Si/c1-15-9-11-25(31-15)23-13-21-17(3)19(5)33-27(21)29(23)35(7,8)30-24(26-12-10-16(2)32-26)14-22-18(4)20(6)34-28(22)30/h9-14,19-20H,1-8H3. The number of allylic oxidation sites excluding steroid dienone is 8. The Balaban J connectivity index is 1.60. The van der Waals surface area contributed by atoms with Crippen LogP contribution in [0.2, 0.25) is 13.1 Å². The lowest BCUT2D eigenvalue weighted by atomic mass is 10.1. The molecule has 2 unspecified atom stereocenters. The van der Waals surface area contributed by atoms with Crippen molar-refractivity contribution in [2.45, 2.75) is 65.1 Å². The second kappa shape index (κ2) is 7.96. The number of fused-ring (bicyclic) bond motifs is 2. The van der Waals surface area contributed by atoms with E-state index in [4.69, 9.17) is 8.83 Å². The minimum Gasteiger partial charge on any atom is -0.461 e. The van der Waals surface area contributed by atoms with Crippen molar-refractivity contribution in [3.63, 3.8) is 0 Å². The molecule has 0 saturated carbocycles. The van der Waals surface area contributed by atoms with Crippen molar-refractivity contribution < 1.29 is 8.83 Å². The van der Waals surface area contributed by atoms with Crippen LogP contribution in [0.25, 0.3) is 11.1 Å². The average molecular weight is 517 g/mol. The lowest BCUT2D eigenvalue weighted by molar-refractivity contribution is 0.522. The Hall–Kier alpha value is -2.08. The maximum atomic E-state index is 6.24. The first-order valence-electron chi connectivity index (χ1n) is 12.4. The van der Waals surface area contributed by atoms with Crippen LogP contribution in [-0.2, 0) is 0 Å². The molecule has 2 aliphatic heterocycles. The summed E-state index contributed by atoms with van der Waals surface area (Å²) in [7, 11) is -2.21. The number of rotatable bonds is 4. The van der Waals surface area contributed by atoms with Crippen molar-refractivity contribution in [3.05, 3.63) is 102 Å². The van der Waals surface area contributed by atoms with Gasteiger partial charge in [0.15, 0.2) is 0 Å². The number of hydrogen-bond acceptors (Lipinski definition) is 4. The molecule has 0 saturated heterocycles. The Morgan fingerprint density at radius 3 is 1.40 bits per heavy atom. The maximum Gasteiger partial charge on any atom is 0.134 e. The highest BCUT2D eigenvalue weighted by Gasteiger charge is 2.47. The van der Waals surface area contributed by atoms with Crippen molar-refractivity contribution in [1.29, 1.82) is 0 Å². The van der Waals surface area contributed by atoms with Gasteiger partial charge in [-0.1, -0.05) is 24.2 Å². The number of aryl methyl sites for hydroxylation is 2. The molecule has 2 atom stereocenters.